The average Bonchev–Trinajstić information content (AvgIpc) is 2.82. The van der Waals surface area contributed by atoms with Gasteiger partial charge in [0.25, 0.3) is 5.91 Å². The van der Waals surface area contributed by atoms with Crippen LogP contribution in [0.1, 0.15) is 10.6 Å². The monoisotopic (exact) mass is 272 g/mol. The molecule has 0 aliphatic heterocycles. The molecule has 2 heterocycles. The highest BCUT2D eigenvalue weighted by Crippen LogP contribution is 2.27. The number of fused-ring (bicyclic) bond motifs is 1. The van der Waals surface area contributed by atoms with Gasteiger partial charge in [0, 0.05) is 10.6 Å². The van der Waals surface area contributed by atoms with Gasteiger partial charge >= 0.3 is 0 Å². The van der Waals surface area contributed by atoms with Crippen molar-refractivity contribution in [2.24, 2.45) is 5.73 Å². The number of benzene rings is 1. The van der Waals surface area contributed by atoms with Crippen LogP contribution in [0.3, 0.4) is 0 Å². The van der Waals surface area contributed by atoms with Crippen molar-refractivity contribution in [2.45, 2.75) is 0 Å². The molecule has 0 aliphatic carbocycles. The van der Waals surface area contributed by atoms with Crippen LogP contribution in [0.25, 0.3) is 22.4 Å². The number of hydrogen-bond acceptors (Lipinski definition) is 4. The van der Waals surface area contributed by atoms with Crippen molar-refractivity contribution in [2.75, 3.05) is 0 Å². The third-order valence-corrected chi connectivity index (χ3v) is 2.80. The normalized spacial score (nSPS) is 10.8. The first-order chi connectivity index (χ1) is 9.13. The van der Waals surface area contributed by atoms with Gasteiger partial charge in [-0.05, 0) is 30.3 Å². The summed E-state index contributed by atoms with van der Waals surface area (Å²) >= 11 is 5.82. The van der Waals surface area contributed by atoms with E-state index in [0.29, 0.717) is 16.2 Å². The van der Waals surface area contributed by atoms with Crippen molar-refractivity contribution in [1.82, 2.24) is 9.97 Å². The maximum Gasteiger partial charge on any atom is 0.286 e. The van der Waals surface area contributed by atoms with Gasteiger partial charge in [0.2, 0.25) is 11.5 Å². The molecule has 0 saturated carbocycles. The second-order valence-corrected chi connectivity index (χ2v) is 4.30. The van der Waals surface area contributed by atoms with Crippen molar-refractivity contribution in [3.8, 4) is 11.3 Å². The van der Waals surface area contributed by atoms with Gasteiger partial charge in [0.1, 0.15) is 12.0 Å². The summed E-state index contributed by atoms with van der Waals surface area (Å²) < 4.78 is 5.55. The molecular formula is C13H7ClN3O2. The highest BCUT2D eigenvalue weighted by Gasteiger charge is 2.11. The van der Waals surface area contributed by atoms with E-state index in [2.05, 4.69) is 16.2 Å². The molecule has 1 radical (unpaired) electrons. The number of furan rings is 1. The lowest BCUT2D eigenvalue weighted by Crippen LogP contribution is -2.14. The molecule has 1 amide bonds. The lowest BCUT2D eigenvalue weighted by atomic mass is 10.2. The summed E-state index contributed by atoms with van der Waals surface area (Å²) in [5, 5.41) is 1.22. The van der Waals surface area contributed by atoms with Gasteiger partial charge in [-0.25, -0.2) is 4.98 Å². The van der Waals surface area contributed by atoms with Gasteiger partial charge in [-0.2, -0.15) is 4.98 Å². The number of halogens is 1. The van der Waals surface area contributed by atoms with Crippen LogP contribution < -0.4 is 5.73 Å². The predicted octanol–water partition coefficient (Wildman–Crippen LogP) is 2.44. The largest absolute Gasteiger partial charge is 0.438 e. The summed E-state index contributed by atoms with van der Waals surface area (Å²) in [5.41, 5.74) is 6.21. The van der Waals surface area contributed by atoms with Crippen LogP contribution >= 0.6 is 11.6 Å². The van der Waals surface area contributed by atoms with Crippen molar-refractivity contribution in [3.63, 3.8) is 0 Å². The summed E-state index contributed by atoms with van der Waals surface area (Å²) in [6.45, 7) is 0. The molecule has 3 aromatic rings. The van der Waals surface area contributed by atoms with E-state index in [1.807, 2.05) is 12.1 Å². The van der Waals surface area contributed by atoms with Gasteiger partial charge in [0.15, 0.2) is 0 Å². The molecule has 19 heavy (non-hydrogen) atoms. The number of rotatable bonds is 2. The second kappa shape index (κ2) is 4.37. The number of carbonyl (C=O) groups excluding carboxylic acids is 1. The number of nitrogens with two attached hydrogens (primary N) is 1. The molecule has 0 fully saturated rings. The van der Waals surface area contributed by atoms with E-state index in [9.17, 15) is 4.79 Å². The standard InChI is InChI=1S/C13H7ClN3O2/c14-9-3-1-7(2-4-9)10-5-8-6-16-12(11(15)18)17-13(8)19-10/h1-5H,(H2,15,18). The average molecular weight is 273 g/mol. The first-order valence-corrected chi connectivity index (χ1v) is 5.76. The fraction of sp³-hybridized carbons (Fsp3) is 0. The van der Waals surface area contributed by atoms with Crippen LogP contribution in [0.5, 0.6) is 0 Å². The molecule has 6 heteroatoms. The van der Waals surface area contributed by atoms with E-state index in [-0.39, 0.29) is 11.5 Å². The van der Waals surface area contributed by atoms with E-state index in [0.717, 1.165) is 5.56 Å². The highest BCUT2D eigenvalue weighted by atomic mass is 35.5. The summed E-state index contributed by atoms with van der Waals surface area (Å²) in [7, 11) is 0. The molecular weight excluding hydrogens is 266 g/mol. The van der Waals surface area contributed by atoms with Gasteiger partial charge < -0.3 is 10.2 Å². The Kier molecular flexibility index (Phi) is 2.68. The first kappa shape index (κ1) is 11.7. The molecule has 1 aromatic carbocycles. The van der Waals surface area contributed by atoms with Crippen LogP contribution in [0, 0.1) is 6.20 Å². The zero-order valence-electron chi connectivity index (χ0n) is 9.55. The van der Waals surface area contributed by atoms with Crippen LogP contribution in [0.2, 0.25) is 5.02 Å². The number of primary amides is 1. The first-order valence-electron chi connectivity index (χ1n) is 5.38. The lowest BCUT2D eigenvalue weighted by Gasteiger charge is -1.95. The fourth-order valence-electron chi connectivity index (χ4n) is 1.65. The van der Waals surface area contributed by atoms with E-state index in [1.165, 1.54) is 0 Å². The predicted molar refractivity (Wildman–Crippen MR) is 69.6 cm³/mol. The van der Waals surface area contributed by atoms with Crippen molar-refractivity contribution < 1.29 is 9.21 Å². The molecule has 0 bridgehead atoms. The number of amides is 1. The van der Waals surface area contributed by atoms with Crippen molar-refractivity contribution in [1.29, 1.82) is 0 Å². The zero-order chi connectivity index (χ0) is 13.4. The van der Waals surface area contributed by atoms with Gasteiger partial charge in [-0.1, -0.05) is 11.6 Å². The summed E-state index contributed by atoms with van der Waals surface area (Å²) in [6, 6.07) is 8.90. The SMILES string of the molecule is NC(=O)c1n[c]c2cc(-c3ccc(Cl)cc3)oc2n1. The third-order valence-electron chi connectivity index (χ3n) is 2.55. The molecule has 0 aliphatic rings. The Bertz CT molecular complexity index is 765. The molecule has 2 aromatic heterocycles. The molecule has 2 N–H and O–H groups in total. The van der Waals surface area contributed by atoms with Crippen molar-refractivity contribution >= 4 is 28.6 Å². The topological polar surface area (TPSA) is 82.0 Å². The Labute approximate surface area is 113 Å². The maximum atomic E-state index is 11.0. The van der Waals surface area contributed by atoms with Crippen LogP contribution in [0.4, 0.5) is 0 Å². The number of aromatic nitrogens is 2. The third kappa shape index (κ3) is 2.15. The Hall–Kier alpha value is -2.40. The minimum atomic E-state index is -0.720. The molecule has 0 saturated heterocycles. The van der Waals surface area contributed by atoms with E-state index in [4.69, 9.17) is 21.8 Å². The van der Waals surface area contributed by atoms with Crippen LogP contribution in [0.15, 0.2) is 34.7 Å². The van der Waals surface area contributed by atoms with Gasteiger partial charge in [0.05, 0.1) is 5.39 Å². The van der Waals surface area contributed by atoms with Crippen LogP contribution in [-0.4, -0.2) is 15.9 Å². The quantitative estimate of drug-likeness (QED) is 0.777. The van der Waals surface area contributed by atoms with E-state index < -0.39 is 5.91 Å². The Morgan fingerprint density at radius 3 is 2.74 bits per heavy atom. The summed E-state index contributed by atoms with van der Waals surface area (Å²) in [6.07, 6.45) is 2.67. The molecule has 0 atom stereocenters. The molecule has 0 unspecified atom stereocenters. The second-order valence-electron chi connectivity index (χ2n) is 3.86. The van der Waals surface area contributed by atoms with Crippen LogP contribution in [-0.2, 0) is 0 Å². The van der Waals surface area contributed by atoms with E-state index in [1.54, 1.807) is 18.2 Å². The smallest absolute Gasteiger partial charge is 0.286 e. The Morgan fingerprint density at radius 2 is 2.05 bits per heavy atom. The van der Waals surface area contributed by atoms with Crippen molar-refractivity contribution in [3.05, 3.63) is 47.4 Å². The molecule has 93 valence electrons. The Balaban J connectivity index is 2.11. The molecule has 3 rings (SSSR count). The fourth-order valence-corrected chi connectivity index (χ4v) is 1.77. The van der Waals surface area contributed by atoms with Gasteiger partial charge in [-0.15, -0.1) is 0 Å². The Morgan fingerprint density at radius 1 is 1.32 bits per heavy atom. The number of nitrogens with zero attached hydrogens (tertiary/aromatic N) is 2. The summed E-state index contributed by atoms with van der Waals surface area (Å²) in [4.78, 5) is 18.6. The minimum absolute atomic E-state index is 0.121. The number of carbonyl (C=O) groups is 1. The van der Waals surface area contributed by atoms with Gasteiger partial charge in [-0.3, -0.25) is 4.79 Å². The lowest BCUT2D eigenvalue weighted by molar-refractivity contribution is 0.0990. The summed E-state index contributed by atoms with van der Waals surface area (Å²) in [5.74, 6) is -0.245. The molecule has 0 spiro atoms. The maximum absolute atomic E-state index is 11.0. The number of hydrogen-bond donors (Lipinski definition) is 1. The zero-order valence-corrected chi connectivity index (χ0v) is 10.3. The molecule has 5 nitrogen and oxygen atoms in total. The highest BCUT2D eigenvalue weighted by molar-refractivity contribution is 6.30. The minimum Gasteiger partial charge on any atom is -0.438 e. The van der Waals surface area contributed by atoms with E-state index >= 15 is 0 Å².